The summed E-state index contributed by atoms with van der Waals surface area (Å²) in [6, 6.07) is 11.8. The minimum Gasteiger partial charge on any atom is -0.481 e. The molecule has 5 heteroatoms. The number of anilines is 1. The van der Waals surface area contributed by atoms with Crippen LogP contribution < -0.4 is 4.90 Å². The summed E-state index contributed by atoms with van der Waals surface area (Å²) < 4.78 is 0. The third kappa shape index (κ3) is 4.27. The minimum absolute atomic E-state index is 0.414. The van der Waals surface area contributed by atoms with Gasteiger partial charge in [-0.05, 0) is 11.6 Å². The highest BCUT2D eigenvalue weighted by Gasteiger charge is 2.15. The molecule has 1 aromatic carbocycles. The van der Waals surface area contributed by atoms with Crippen molar-refractivity contribution in [3.63, 3.8) is 0 Å². The van der Waals surface area contributed by atoms with Gasteiger partial charge in [-0.3, -0.25) is 4.79 Å². The van der Waals surface area contributed by atoms with Crippen molar-refractivity contribution in [2.75, 3.05) is 18.5 Å². The summed E-state index contributed by atoms with van der Waals surface area (Å²) >= 11 is 0. The normalized spacial score (nSPS) is 11.9. The van der Waals surface area contributed by atoms with Gasteiger partial charge >= 0.3 is 5.97 Å². The molecule has 0 radical (unpaired) electrons. The van der Waals surface area contributed by atoms with Gasteiger partial charge in [0.15, 0.2) is 0 Å². The average Bonchev–Trinajstić information content (AvgIpc) is 2.48. The highest BCUT2D eigenvalue weighted by molar-refractivity contribution is 5.70. The van der Waals surface area contributed by atoms with Crippen LogP contribution in [0, 0.1) is 5.92 Å². The minimum atomic E-state index is -0.805. The van der Waals surface area contributed by atoms with Crippen LogP contribution in [0.15, 0.2) is 42.6 Å². The second kappa shape index (κ2) is 6.83. The van der Waals surface area contributed by atoms with Crippen LogP contribution in [-0.4, -0.2) is 34.6 Å². The van der Waals surface area contributed by atoms with Crippen molar-refractivity contribution in [1.82, 2.24) is 9.97 Å². The first-order valence-electron chi connectivity index (χ1n) is 6.86. The Balaban J connectivity index is 2.08. The highest BCUT2D eigenvalue weighted by Crippen LogP contribution is 2.12. The Kier molecular flexibility index (Phi) is 4.87. The first-order valence-corrected chi connectivity index (χ1v) is 6.86. The smallest absolute Gasteiger partial charge is 0.308 e. The molecule has 1 heterocycles. The summed E-state index contributed by atoms with van der Waals surface area (Å²) in [6.07, 6.45) is 2.37. The quantitative estimate of drug-likeness (QED) is 0.881. The van der Waals surface area contributed by atoms with E-state index in [-0.39, 0.29) is 0 Å². The van der Waals surface area contributed by atoms with Gasteiger partial charge in [-0.25, -0.2) is 9.97 Å². The molecule has 0 aliphatic rings. The molecule has 0 fully saturated rings. The molecule has 0 aliphatic heterocycles. The second-order valence-corrected chi connectivity index (χ2v) is 5.11. The summed E-state index contributed by atoms with van der Waals surface area (Å²) in [6.45, 7) is 2.10. The number of hydrogen-bond donors (Lipinski definition) is 1. The lowest BCUT2D eigenvalue weighted by Gasteiger charge is -2.20. The third-order valence-electron chi connectivity index (χ3n) is 3.26. The van der Waals surface area contributed by atoms with Gasteiger partial charge in [0, 0.05) is 26.2 Å². The monoisotopic (exact) mass is 285 g/mol. The van der Waals surface area contributed by atoms with E-state index in [9.17, 15) is 4.79 Å². The van der Waals surface area contributed by atoms with E-state index in [1.54, 1.807) is 19.2 Å². The molecule has 0 saturated carbocycles. The van der Waals surface area contributed by atoms with Crippen LogP contribution in [0.25, 0.3) is 0 Å². The molecule has 21 heavy (non-hydrogen) atoms. The number of rotatable bonds is 6. The Hall–Kier alpha value is -2.43. The van der Waals surface area contributed by atoms with Crippen LogP contribution in [0.4, 0.5) is 5.82 Å². The SMILES string of the molecule is C[C@@H](CN(C)c1ccnc(Cc2ccccc2)n1)C(=O)O. The Morgan fingerprint density at radius 2 is 2.00 bits per heavy atom. The van der Waals surface area contributed by atoms with Crippen LogP contribution >= 0.6 is 0 Å². The highest BCUT2D eigenvalue weighted by atomic mass is 16.4. The molecule has 0 spiro atoms. The molecule has 1 atom stereocenters. The molecular formula is C16H19N3O2. The number of nitrogens with zero attached hydrogens (tertiary/aromatic N) is 3. The predicted molar refractivity (Wildman–Crippen MR) is 81.3 cm³/mol. The van der Waals surface area contributed by atoms with Gasteiger partial charge in [-0.2, -0.15) is 0 Å². The number of aromatic nitrogens is 2. The fourth-order valence-corrected chi connectivity index (χ4v) is 2.05. The average molecular weight is 285 g/mol. The van der Waals surface area contributed by atoms with E-state index >= 15 is 0 Å². The van der Waals surface area contributed by atoms with Crippen molar-refractivity contribution in [2.45, 2.75) is 13.3 Å². The Bertz CT molecular complexity index is 601. The number of carboxylic acids is 1. The fraction of sp³-hybridized carbons (Fsp3) is 0.312. The van der Waals surface area contributed by atoms with E-state index in [1.165, 1.54) is 0 Å². The van der Waals surface area contributed by atoms with Gasteiger partial charge < -0.3 is 10.0 Å². The molecule has 1 aromatic heterocycles. The van der Waals surface area contributed by atoms with Gasteiger partial charge in [-0.15, -0.1) is 0 Å². The van der Waals surface area contributed by atoms with Gasteiger partial charge in [0.05, 0.1) is 5.92 Å². The Morgan fingerprint density at radius 3 is 2.67 bits per heavy atom. The maximum Gasteiger partial charge on any atom is 0.308 e. The standard InChI is InChI=1S/C16H19N3O2/c1-12(16(20)21)11-19(2)15-8-9-17-14(18-15)10-13-6-4-3-5-7-13/h3-9,12H,10-11H2,1-2H3,(H,20,21)/t12-/m0/s1. The van der Waals surface area contributed by atoms with Crippen LogP contribution in [0.5, 0.6) is 0 Å². The van der Waals surface area contributed by atoms with Crippen molar-refractivity contribution < 1.29 is 9.90 Å². The lowest BCUT2D eigenvalue weighted by Crippen LogP contribution is -2.29. The van der Waals surface area contributed by atoms with Crippen LogP contribution in [0.2, 0.25) is 0 Å². The summed E-state index contributed by atoms with van der Waals surface area (Å²) in [7, 11) is 1.84. The summed E-state index contributed by atoms with van der Waals surface area (Å²) in [5.41, 5.74) is 1.15. The zero-order chi connectivity index (χ0) is 15.2. The molecule has 0 aliphatic carbocycles. The van der Waals surface area contributed by atoms with Crippen LogP contribution in [0.1, 0.15) is 18.3 Å². The van der Waals surface area contributed by atoms with Crippen molar-refractivity contribution >= 4 is 11.8 Å². The van der Waals surface area contributed by atoms with Gasteiger partial charge in [0.2, 0.25) is 0 Å². The number of carbonyl (C=O) groups is 1. The summed E-state index contributed by atoms with van der Waals surface area (Å²) in [4.78, 5) is 21.5. The molecule has 2 rings (SSSR count). The maximum absolute atomic E-state index is 10.9. The molecule has 5 nitrogen and oxygen atoms in total. The molecule has 2 aromatic rings. The van der Waals surface area contributed by atoms with E-state index in [0.717, 1.165) is 17.2 Å². The molecule has 0 unspecified atom stereocenters. The van der Waals surface area contributed by atoms with Gasteiger partial charge in [0.25, 0.3) is 0 Å². The van der Waals surface area contributed by atoms with E-state index in [1.807, 2.05) is 42.3 Å². The first-order chi connectivity index (χ1) is 10.1. The largest absolute Gasteiger partial charge is 0.481 e. The van der Waals surface area contributed by atoms with Crippen molar-refractivity contribution in [3.05, 3.63) is 54.0 Å². The number of aliphatic carboxylic acids is 1. The number of benzene rings is 1. The molecule has 0 saturated heterocycles. The maximum atomic E-state index is 10.9. The Labute approximate surface area is 124 Å². The van der Waals surface area contributed by atoms with Crippen molar-refractivity contribution in [1.29, 1.82) is 0 Å². The summed E-state index contributed by atoms with van der Waals surface area (Å²) in [5, 5.41) is 8.97. The van der Waals surface area contributed by atoms with Crippen LogP contribution in [-0.2, 0) is 11.2 Å². The molecule has 0 amide bonds. The molecule has 0 bridgehead atoms. The van der Waals surface area contributed by atoms with Gasteiger partial charge in [-0.1, -0.05) is 37.3 Å². The van der Waals surface area contributed by atoms with E-state index in [0.29, 0.717) is 13.0 Å². The summed E-state index contributed by atoms with van der Waals surface area (Å²) in [5.74, 6) is 0.223. The lowest BCUT2D eigenvalue weighted by molar-refractivity contribution is -0.140. The third-order valence-corrected chi connectivity index (χ3v) is 3.26. The Morgan fingerprint density at radius 1 is 1.29 bits per heavy atom. The van der Waals surface area contributed by atoms with E-state index in [2.05, 4.69) is 9.97 Å². The number of carboxylic acid groups (broad SMARTS) is 1. The molecule has 110 valence electrons. The second-order valence-electron chi connectivity index (χ2n) is 5.11. The van der Waals surface area contributed by atoms with Crippen molar-refractivity contribution in [3.8, 4) is 0 Å². The zero-order valence-corrected chi connectivity index (χ0v) is 12.2. The molecule has 1 N–H and O–H groups in total. The topological polar surface area (TPSA) is 66.3 Å². The first kappa shape index (κ1) is 15.0. The fourth-order valence-electron chi connectivity index (χ4n) is 2.05. The predicted octanol–water partition coefficient (Wildman–Crippen LogP) is 2.22. The zero-order valence-electron chi connectivity index (χ0n) is 12.2. The van der Waals surface area contributed by atoms with Gasteiger partial charge in [0.1, 0.15) is 11.6 Å². The van der Waals surface area contributed by atoms with Crippen LogP contribution in [0.3, 0.4) is 0 Å². The number of hydrogen-bond acceptors (Lipinski definition) is 4. The van der Waals surface area contributed by atoms with Crippen molar-refractivity contribution in [2.24, 2.45) is 5.92 Å². The van der Waals surface area contributed by atoms with E-state index < -0.39 is 11.9 Å². The van der Waals surface area contributed by atoms with E-state index in [4.69, 9.17) is 5.11 Å². The lowest BCUT2D eigenvalue weighted by atomic mass is 10.1. The molecular weight excluding hydrogens is 266 g/mol.